The number of amides is 1. The summed E-state index contributed by atoms with van der Waals surface area (Å²) < 4.78 is 23.7. The number of carbonyl (C=O) groups is 1. The fourth-order valence-electron chi connectivity index (χ4n) is 8.39. The van der Waals surface area contributed by atoms with E-state index in [9.17, 15) is 19.4 Å². The molecule has 67 heavy (non-hydrogen) atoms. The third-order valence-corrected chi connectivity index (χ3v) is 13.8. The minimum atomic E-state index is -4.31. The summed E-state index contributed by atoms with van der Waals surface area (Å²) in [5.41, 5.74) is 0. The molecule has 0 saturated carbocycles. The van der Waals surface area contributed by atoms with Crippen LogP contribution >= 0.6 is 7.82 Å². The summed E-state index contributed by atoms with van der Waals surface area (Å²) in [5, 5.41) is 14.0. The van der Waals surface area contributed by atoms with Crippen LogP contribution in [0.25, 0.3) is 0 Å². The summed E-state index contributed by atoms with van der Waals surface area (Å²) in [6, 6.07) is -0.757. The SMILES string of the molecule is CC/C=C\C/C=C\C/C=C\C/C=C\CCCCCCCCCCCCCCCCCCCCCCCCC(=O)NC(COP(=O)(O)OCC[N+](C)(C)C)C(O)CCCCCCCCCCCC. The zero-order chi connectivity index (χ0) is 49.2. The lowest BCUT2D eigenvalue weighted by atomic mass is 10.0. The largest absolute Gasteiger partial charge is 0.472 e. The smallest absolute Gasteiger partial charge is 0.391 e. The standard InChI is InChI=1S/C58H111N2O6P/c1-6-8-10-12-14-16-18-19-20-21-22-23-24-25-26-27-28-29-30-31-32-33-34-35-36-37-38-39-40-41-42-44-46-48-50-52-58(62)59-56(55-66-67(63,64)65-54-53-60(3,4)5)57(61)51-49-47-45-43-17-15-13-11-9-7-2/h8,10,14,16,19-20,22-23,56-57,61H,6-7,9,11-13,15,17-18,21,24-55H2,1-5H3,(H-,59,62,63,64)/p+1/b10-8-,16-14-,20-19-,23-22-. The van der Waals surface area contributed by atoms with Crippen LogP contribution in [-0.2, 0) is 18.4 Å². The Morgan fingerprint density at radius 3 is 1.31 bits per heavy atom. The molecule has 0 aliphatic rings. The van der Waals surface area contributed by atoms with Gasteiger partial charge in [0.1, 0.15) is 13.2 Å². The van der Waals surface area contributed by atoms with Gasteiger partial charge >= 0.3 is 7.82 Å². The number of allylic oxidation sites excluding steroid dienone is 8. The van der Waals surface area contributed by atoms with E-state index in [0.717, 1.165) is 64.2 Å². The number of rotatable bonds is 52. The first-order valence-corrected chi connectivity index (χ1v) is 30.0. The van der Waals surface area contributed by atoms with Crippen LogP contribution < -0.4 is 5.32 Å². The van der Waals surface area contributed by atoms with Gasteiger partial charge in [-0.05, 0) is 51.4 Å². The number of quaternary nitrogens is 1. The molecule has 3 N–H and O–H groups in total. The van der Waals surface area contributed by atoms with Crippen LogP contribution in [0.3, 0.4) is 0 Å². The third kappa shape index (κ3) is 52.1. The van der Waals surface area contributed by atoms with E-state index in [2.05, 4.69) is 67.8 Å². The molecule has 3 unspecified atom stereocenters. The molecule has 394 valence electrons. The van der Waals surface area contributed by atoms with Gasteiger partial charge in [0.25, 0.3) is 0 Å². The van der Waals surface area contributed by atoms with Gasteiger partial charge in [0, 0.05) is 6.42 Å². The van der Waals surface area contributed by atoms with E-state index in [4.69, 9.17) is 9.05 Å². The molecule has 0 fully saturated rings. The molecular formula is C58H112N2O6P+. The second-order valence-electron chi connectivity index (χ2n) is 20.6. The first-order chi connectivity index (χ1) is 32.5. The van der Waals surface area contributed by atoms with E-state index in [1.807, 2.05) is 21.1 Å². The number of nitrogens with zero attached hydrogens (tertiary/aromatic N) is 1. The van der Waals surface area contributed by atoms with Crippen molar-refractivity contribution in [2.45, 2.75) is 276 Å². The van der Waals surface area contributed by atoms with Gasteiger partial charge in [0.15, 0.2) is 0 Å². The van der Waals surface area contributed by atoms with Crippen LogP contribution in [0.1, 0.15) is 264 Å². The first kappa shape index (κ1) is 65.5. The first-order valence-electron chi connectivity index (χ1n) is 28.5. The summed E-state index contributed by atoms with van der Waals surface area (Å²) in [6.07, 6.45) is 64.8. The number of likely N-dealkylation sites (N-methyl/N-ethyl adjacent to an activating group) is 1. The van der Waals surface area contributed by atoms with Crippen LogP contribution in [0.15, 0.2) is 48.6 Å². The Hall–Kier alpha value is -1.54. The van der Waals surface area contributed by atoms with E-state index in [1.165, 1.54) is 173 Å². The zero-order valence-electron chi connectivity index (χ0n) is 44.9. The highest BCUT2D eigenvalue weighted by Gasteiger charge is 2.28. The number of nitrogens with one attached hydrogen (secondary N) is 1. The summed E-state index contributed by atoms with van der Waals surface area (Å²) in [5.74, 6) is -0.143. The van der Waals surface area contributed by atoms with Crippen molar-refractivity contribution in [3.05, 3.63) is 48.6 Å². The van der Waals surface area contributed by atoms with Crippen molar-refractivity contribution >= 4 is 13.7 Å². The molecule has 0 radical (unpaired) electrons. The molecule has 3 atom stereocenters. The number of aliphatic hydroxyl groups is 1. The van der Waals surface area contributed by atoms with Crippen molar-refractivity contribution in [1.82, 2.24) is 5.32 Å². The second-order valence-corrected chi connectivity index (χ2v) is 22.1. The maximum absolute atomic E-state index is 12.9. The number of carbonyl (C=O) groups excluding carboxylic acids is 1. The Labute approximate surface area is 416 Å². The number of unbranched alkanes of at least 4 members (excludes halogenated alkanes) is 31. The molecule has 0 aliphatic heterocycles. The van der Waals surface area contributed by atoms with E-state index in [1.54, 1.807) is 0 Å². The molecule has 0 heterocycles. The van der Waals surface area contributed by atoms with E-state index >= 15 is 0 Å². The third-order valence-electron chi connectivity index (χ3n) is 12.8. The Morgan fingerprint density at radius 2 is 0.896 bits per heavy atom. The van der Waals surface area contributed by atoms with Crippen LogP contribution in [0.4, 0.5) is 0 Å². The van der Waals surface area contributed by atoms with Crippen LogP contribution in [-0.4, -0.2) is 73.4 Å². The van der Waals surface area contributed by atoms with Gasteiger partial charge in [-0.3, -0.25) is 13.8 Å². The highest BCUT2D eigenvalue weighted by molar-refractivity contribution is 7.47. The molecule has 0 aromatic carbocycles. The monoisotopic (exact) mass is 964 g/mol. The van der Waals surface area contributed by atoms with Gasteiger partial charge in [-0.1, -0.05) is 255 Å². The normalized spacial score (nSPS) is 14.3. The molecule has 0 aromatic heterocycles. The Kier molecular flexibility index (Phi) is 48.3. The zero-order valence-corrected chi connectivity index (χ0v) is 45.8. The van der Waals surface area contributed by atoms with Gasteiger partial charge in [-0.2, -0.15) is 0 Å². The van der Waals surface area contributed by atoms with Gasteiger partial charge in [-0.25, -0.2) is 4.57 Å². The topological polar surface area (TPSA) is 105 Å². The van der Waals surface area contributed by atoms with Gasteiger partial charge in [-0.15, -0.1) is 0 Å². The number of phosphoric acid groups is 1. The molecule has 0 spiro atoms. The Bertz CT molecular complexity index is 1230. The summed E-state index contributed by atoms with van der Waals surface area (Å²) >= 11 is 0. The van der Waals surface area contributed by atoms with Crippen LogP contribution in [0.5, 0.6) is 0 Å². The van der Waals surface area contributed by atoms with Crippen molar-refractivity contribution in [3.63, 3.8) is 0 Å². The summed E-state index contributed by atoms with van der Waals surface area (Å²) in [4.78, 5) is 23.2. The van der Waals surface area contributed by atoms with Crippen molar-refractivity contribution in [3.8, 4) is 0 Å². The quantitative estimate of drug-likeness (QED) is 0.0243. The number of hydrogen-bond acceptors (Lipinski definition) is 5. The minimum absolute atomic E-state index is 0.0757. The second kappa shape index (κ2) is 49.4. The average molecular weight is 965 g/mol. The molecule has 9 heteroatoms. The lowest BCUT2D eigenvalue weighted by molar-refractivity contribution is -0.870. The maximum Gasteiger partial charge on any atom is 0.472 e. The molecule has 0 aromatic rings. The number of hydrogen-bond donors (Lipinski definition) is 3. The van der Waals surface area contributed by atoms with Crippen LogP contribution in [0.2, 0.25) is 0 Å². The lowest BCUT2D eigenvalue weighted by Crippen LogP contribution is -2.46. The van der Waals surface area contributed by atoms with E-state index in [-0.39, 0.29) is 19.1 Å². The molecule has 8 nitrogen and oxygen atoms in total. The van der Waals surface area contributed by atoms with E-state index in [0.29, 0.717) is 23.9 Å². The molecular weight excluding hydrogens is 852 g/mol. The molecule has 0 saturated heterocycles. The highest BCUT2D eigenvalue weighted by atomic mass is 31.2. The summed E-state index contributed by atoms with van der Waals surface area (Å²) in [6.45, 7) is 4.77. The van der Waals surface area contributed by atoms with Gasteiger partial charge < -0.3 is 19.8 Å². The molecule has 1 amide bonds. The van der Waals surface area contributed by atoms with Gasteiger partial charge in [0.2, 0.25) is 5.91 Å². The predicted molar refractivity (Wildman–Crippen MR) is 291 cm³/mol. The molecule has 0 aliphatic carbocycles. The number of aliphatic hydroxyl groups excluding tert-OH is 1. The number of phosphoric ester groups is 1. The molecule has 0 bridgehead atoms. The molecule has 0 rings (SSSR count). The lowest BCUT2D eigenvalue weighted by Gasteiger charge is -2.26. The van der Waals surface area contributed by atoms with Crippen molar-refractivity contribution in [1.29, 1.82) is 0 Å². The Balaban J connectivity index is 3.88. The average Bonchev–Trinajstić information content (AvgIpc) is 3.29. The van der Waals surface area contributed by atoms with Crippen LogP contribution in [0, 0.1) is 0 Å². The fourth-order valence-corrected chi connectivity index (χ4v) is 9.13. The summed E-state index contributed by atoms with van der Waals surface area (Å²) in [7, 11) is 1.62. The minimum Gasteiger partial charge on any atom is -0.391 e. The highest BCUT2D eigenvalue weighted by Crippen LogP contribution is 2.43. The maximum atomic E-state index is 12.9. The van der Waals surface area contributed by atoms with Crippen molar-refractivity contribution < 1.29 is 32.9 Å². The van der Waals surface area contributed by atoms with Crippen molar-refractivity contribution in [2.75, 3.05) is 40.9 Å². The Morgan fingerprint density at radius 1 is 0.522 bits per heavy atom. The fraction of sp³-hybridized carbons (Fsp3) is 0.845. The van der Waals surface area contributed by atoms with Crippen molar-refractivity contribution in [2.24, 2.45) is 0 Å². The predicted octanol–water partition coefficient (Wildman–Crippen LogP) is 17.2. The van der Waals surface area contributed by atoms with E-state index < -0.39 is 20.0 Å². The van der Waals surface area contributed by atoms with Gasteiger partial charge in [0.05, 0.1) is 39.9 Å².